The highest BCUT2D eigenvalue weighted by molar-refractivity contribution is 7.10. The van der Waals surface area contributed by atoms with Crippen LogP contribution in [0, 0.1) is 10.1 Å². The van der Waals surface area contributed by atoms with E-state index in [1.807, 2.05) is 7.05 Å². The van der Waals surface area contributed by atoms with Crippen molar-refractivity contribution in [2.45, 2.75) is 6.54 Å². The molecule has 0 aliphatic heterocycles. The number of alkyl halides is 2. The Morgan fingerprint density at radius 2 is 1.94 bits per heavy atom. The zero-order chi connectivity index (χ0) is 12.9. The molecule has 0 spiro atoms. The third-order valence-electron chi connectivity index (χ3n) is 2.69. The number of halogens is 3. The van der Waals surface area contributed by atoms with Gasteiger partial charge >= 0.3 is 0 Å². The molecule has 0 amide bonds. The van der Waals surface area contributed by atoms with Crippen molar-refractivity contribution in [3.8, 4) is 0 Å². The summed E-state index contributed by atoms with van der Waals surface area (Å²) in [6, 6.07) is 1.55. The van der Waals surface area contributed by atoms with Crippen LogP contribution in [0.15, 0.2) is 11.4 Å². The Kier molecular flexibility index (Phi) is 8.14. The number of thiophene rings is 1. The Bertz CT molecular complexity index is 381. The van der Waals surface area contributed by atoms with E-state index in [-0.39, 0.29) is 23.0 Å². The van der Waals surface area contributed by atoms with Crippen molar-refractivity contribution in [2.24, 2.45) is 0 Å². The Morgan fingerprint density at radius 3 is 2.39 bits per heavy atom. The van der Waals surface area contributed by atoms with Crippen LogP contribution in [0.4, 0.5) is 5.69 Å². The smallest absolute Gasteiger partial charge is 0.288 e. The third-order valence-corrected chi connectivity index (χ3v) is 3.93. The van der Waals surface area contributed by atoms with E-state index in [1.54, 1.807) is 11.4 Å². The quantitative estimate of drug-likeness (QED) is 0.307. The first kappa shape index (κ1) is 17.9. The summed E-state index contributed by atoms with van der Waals surface area (Å²) in [6.07, 6.45) is 0. The van der Waals surface area contributed by atoms with Crippen LogP contribution < -0.4 is 12.4 Å². The highest BCUT2D eigenvalue weighted by atomic mass is 35.5. The van der Waals surface area contributed by atoms with Crippen LogP contribution in [0.25, 0.3) is 0 Å². The van der Waals surface area contributed by atoms with Gasteiger partial charge in [0.15, 0.2) is 0 Å². The van der Waals surface area contributed by atoms with Gasteiger partial charge in [-0.3, -0.25) is 10.1 Å². The minimum absolute atomic E-state index is 0. The van der Waals surface area contributed by atoms with Crippen LogP contribution in [0.1, 0.15) is 4.88 Å². The van der Waals surface area contributed by atoms with Gasteiger partial charge in [-0.15, -0.1) is 34.5 Å². The Labute approximate surface area is 127 Å². The van der Waals surface area contributed by atoms with Gasteiger partial charge in [0.25, 0.3) is 5.69 Å². The second-order valence-corrected chi connectivity index (χ2v) is 5.85. The second-order valence-electron chi connectivity index (χ2n) is 4.09. The zero-order valence-electron chi connectivity index (χ0n) is 9.94. The Hall–Kier alpha value is -0.0700. The molecule has 0 saturated heterocycles. The molecule has 18 heavy (non-hydrogen) atoms. The predicted molar refractivity (Wildman–Crippen MR) is 72.0 cm³/mol. The van der Waals surface area contributed by atoms with E-state index in [0.717, 1.165) is 18.0 Å². The molecule has 0 aliphatic carbocycles. The maximum absolute atomic E-state index is 10.8. The Balaban J connectivity index is 0.00000289. The standard InChI is InChI=1S/C10H15Cl2N2O2S.ClH/c1-14(5-3-11,6-4-12)8-10-9(13(15)16)2-7-17-10;/h2,7H,3-6,8H2,1H3;1H/q+1;/p-1. The molecule has 1 rings (SSSR count). The highest BCUT2D eigenvalue weighted by Crippen LogP contribution is 2.27. The van der Waals surface area contributed by atoms with Crippen LogP contribution in [-0.4, -0.2) is 41.3 Å². The number of hydrogen-bond donors (Lipinski definition) is 0. The fourth-order valence-corrected chi connectivity index (χ4v) is 3.47. The summed E-state index contributed by atoms with van der Waals surface area (Å²) >= 11 is 13.0. The lowest BCUT2D eigenvalue weighted by Crippen LogP contribution is -3.00. The fourth-order valence-electron chi connectivity index (χ4n) is 1.64. The SMILES string of the molecule is C[N+](CCCl)(CCCl)Cc1sccc1[N+](=O)[O-].[Cl-]. The molecule has 0 aromatic carbocycles. The molecule has 0 bridgehead atoms. The van der Waals surface area contributed by atoms with E-state index in [2.05, 4.69) is 0 Å². The maximum Gasteiger partial charge on any atom is 0.288 e. The number of hydrogen-bond acceptors (Lipinski definition) is 3. The number of quaternary nitrogens is 1. The summed E-state index contributed by atoms with van der Waals surface area (Å²) in [5.74, 6) is 1.04. The largest absolute Gasteiger partial charge is 1.00 e. The molecule has 1 heterocycles. The normalized spacial score (nSPS) is 11.1. The first-order valence-corrected chi connectivity index (χ1v) is 7.13. The van der Waals surface area contributed by atoms with Crippen molar-refractivity contribution in [2.75, 3.05) is 31.9 Å². The monoisotopic (exact) mass is 332 g/mol. The van der Waals surface area contributed by atoms with Crippen molar-refractivity contribution in [1.82, 2.24) is 0 Å². The molecule has 8 heteroatoms. The van der Waals surface area contributed by atoms with Gasteiger partial charge in [-0.2, -0.15) is 0 Å². The molecule has 0 fully saturated rings. The van der Waals surface area contributed by atoms with E-state index < -0.39 is 0 Å². The molecule has 4 nitrogen and oxygen atoms in total. The van der Waals surface area contributed by atoms with Crippen molar-refractivity contribution < 1.29 is 21.8 Å². The summed E-state index contributed by atoms with van der Waals surface area (Å²) in [4.78, 5) is 11.3. The molecule has 0 atom stereocenters. The minimum atomic E-state index is -0.336. The minimum Gasteiger partial charge on any atom is -1.00 e. The lowest BCUT2D eigenvalue weighted by molar-refractivity contribution is -0.917. The molecule has 1 aromatic heterocycles. The van der Waals surface area contributed by atoms with E-state index >= 15 is 0 Å². The van der Waals surface area contributed by atoms with Gasteiger partial charge in [0.2, 0.25) is 0 Å². The van der Waals surface area contributed by atoms with Crippen LogP contribution in [0.2, 0.25) is 0 Å². The molecule has 0 saturated carbocycles. The van der Waals surface area contributed by atoms with E-state index in [1.165, 1.54) is 11.3 Å². The van der Waals surface area contributed by atoms with Gasteiger partial charge in [0, 0.05) is 6.07 Å². The van der Waals surface area contributed by atoms with Crippen molar-refractivity contribution >= 4 is 40.2 Å². The molecule has 0 N–H and O–H groups in total. The summed E-state index contributed by atoms with van der Waals surface area (Å²) in [5, 5.41) is 12.6. The molecular formula is C10H15Cl3N2O2S. The van der Waals surface area contributed by atoms with Gasteiger partial charge in [-0.25, -0.2) is 0 Å². The van der Waals surface area contributed by atoms with E-state index in [0.29, 0.717) is 22.8 Å². The van der Waals surface area contributed by atoms with Gasteiger partial charge in [-0.05, 0) is 5.38 Å². The summed E-state index contributed by atoms with van der Waals surface area (Å²) in [6.45, 7) is 2.11. The molecule has 104 valence electrons. The van der Waals surface area contributed by atoms with Gasteiger partial charge in [0.1, 0.15) is 11.4 Å². The third kappa shape index (κ3) is 4.90. The van der Waals surface area contributed by atoms with E-state index in [9.17, 15) is 10.1 Å². The average molecular weight is 334 g/mol. The van der Waals surface area contributed by atoms with Crippen LogP contribution in [0.3, 0.4) is 0 Å². The fraction of sp³-hybridized carbons (Fsp3) is 0.600. The highest BCUT2D eigenvalue weighted by Gasteiger charge is 2.26. The number of nitrogens with zero attached hydrogens (tertiary/aromatic N) is 2. The summed E-state index contributed by atoms with van der Waals surface area (Å²) in [5.41, 5.74) is 0.198. The summed E-state index contributed by atoms with van der Waals surface area (Å²) < 4.78 is 0.633. The van der Waals surface area contributed by atoms with Crippen LogP contribution >= 0.6 is 34.5 Å². The first-order valence-electron chi connectivity index (χ1n) is 5.18. The lowest BCUT2D eigenvalue weighted by atomic mass is 10.3. The molecular weight excluding hydrogens is 319 g/mol. The second kappa shape index (κ2) is 8.17. The van der Waals surface area contributed by atoms with Crippen molar-refractivity contribution in [1.29, 1.82) is 0 Å². The van der Waals surface area contributed by atoms with Crippen molar-refractivity contribution in [3.63, 3.8) is 0 Å². The van der Waals surface area contributed by atoms with E-state index in [4.69, 9.17) is 23.2 Å². The first-order chi connectivity index (χ1) is 8.02. The van der Waals surface area contributed by atoms with Gasteiger partial charge < -0.3 is 16.9 Å². The topological polar surface area (TPSA) is 43.1 Å². The molecule has 0 aliphatic rings. The maximum atomic E-state index is 10.8. The average Bonchev–Trinajstić information content (AvgIpc) is 2.66. The molecule has 0 unspecified atom stereocenters. The van der Waals surface area contributed by atoms with Crippen LogP contribution in [0.5, 0.6) is 0 Å². The predicted octanol–water partition coefficient (Wildman–Crippen LogP) is 0.0845. The zero-order valence-corrected chi connectivity index (χ0v) is 13.0. The summed E-state index contributed by atoms with van der Waals surface area (Å²) in [7, 11) is 2.02. The Morgan fingerprint density at radius 1 is 1.39 bits per heavy atom. The van der Waals surface area contributed by atoms with Crippen molar-refractivity contribution in [3.05, 3.63) is 26.4 Å². The number of nitro groups is 1. The van der Waals surface area contributed by atoms with Gasteiger partial charge in [0.05, 0.1) is 36.8 Å². The number of rotatable bonds is 7. The lowest BCUT2D eigenvalue weighted by Gasteiger charge is -2.32. The molecule has 0 radical (unpaired) electrons. The van der Waals surface area contributed by atoms with Gasteiger partial charge in [-0.1, -0.05) is 0 Å². The van der Waals surface area contributed by atoms with Crippen LogP contribution in [-0.2, 0) is 6.54 Å². The molecule has 1 aromatic rings.